The number of benzene rings is 2. The van der Waals surface area contributed by atoms with Gasteiger partial charge in [-0.2, -0.15) is 0 Å². The lowest BCUT2D eigenvalue weighted by Gasteiger charge is -2.41. The summed E-state index contributed by atoms with van der Waals surface area (Å²) in [6, 6.07) is 19.2. The number of rotatable bonds is 6. The molecule has 0 aromatic heterocycles. The molecule has 2 atom stereocenters. The van der Waals surface area contributed by atoms with Gasteiger partial charge in [0.05, 0.1) is 6.10 Å². The van der Waals surface area contributed by atoms with Gasteiger partial charge in [-0.25, -0.2) is 4.39 Å². The minimum atomic E-state index is -2.90. The van der Waals surface area contributed by atoms with Gasteiger partial charge in [0, 0.05) is 23.2 Å². The standard InChI is InChI=1S/C27H36FO2PSi/c1-21-22(19-23(20-26(21)28)30-32(5,6)27(2,3)4)17-18-31(29,24-13-9-7-10-14-24)25-15-11-8-12-16-25/h7-17,23,26H,1,18-20H2,2-6H3/b22-17-/t23-,26+/m0/s1. The van der Waals surface area contributed by atoms with Gasteiger partial charge >= 0.3 is 0 Å². The fraction of sp³-hybridized carbons (Fsp3) is 0.407. The summed E-state index contributed by atoms with van der Waals surface area (Å²) in [5.41, 5.74) is 1.35. The van der Waals surface area contributed by atoms with E-state index in [0.29, 0.717) is 24.6 Å². The molecular formula is C27H36FO2PSi. The summed E-state index contributed by atoms with van der Waals surface area (Å²) in [6.45, 7) is 15.0. The van der Waals surface area contributed by atoms with Gasteiger partial charge < -0.3 is 8.99 Å². The first-order valence-corrected chi connectivity index (χ1v) is 16.1. The lowest BCUT2D eigenvalue weighted by atomic mass is 9.87. The van der Waals surface area contributed by atoms with E-state index in [1.54, 1.807) is 0 Å². The van der Waals surface area contributed by atoms with E-state index in [1.807, 2.05) is 66.7 Å². The Morgan fingerprint density at radius 1 is 1.06 bits per heavy atom. The molecule has 0 radical (unpaired) electrons. The van der Waals surface area contributed by atoms with E-state index < -0.39 is 21.6 Å². The Labute approximate surface area is 194 Å². The van der Waals surface area contributed by atoms with Crippen molar-refractivity contribution >= 4 is 26.1 Å². The molecule has 0 N–H and O–H groups in total. The van der Waals surface area contributed by atoms with Crippen molar-refractivity contribution in [3.63, 3.8) is 0 Å². The summed E-state index contributed by atoms with van der Waals surface area (Å²) in [5, 5.41) is 1.69. The minimum absolute atomic E-state index is 0.0630. The third-order valence-corrected chi connectivity index (χ3v) is 14.4. The van der Waals surface area contributed by atoms with Crippen LogP contribution in [0.2, 0.25) is 18.1 Å². The SMILES string of the molecule is C=C1/C(=C\CP(=O)(c2ccccc2)c2ccccc2)C[C@H](O[Si](C)(C)C(C)(C)C)C[C@H]1F. The molecule has 1 aliphatic carbocycles. The Morgan fingerprint density at radius 2 is 1.56 bits per heavy atom. The smallest absolute Gasteiger partial charge is 0.192 e. The first kappa shape index (κ1) is 24.9. The zero-order chi connectivity index (χ0) is 23.6. The number of allylic oxidation sites excluding steroid dienone is 2. The third-order valence-electron chi connectivity index (χ3n) is 6.92. The van der Waals surface area contributed by atoms with Crippen LogP contribution in [0, 0.1) is 0 Å². The highest BCUT2D eigenvalue weighted by molar-refractivity contribution is 7.78. The minimum Gasteiger partial charge on any atom is -0.413 e. The van der Waals surface area contributed by atoms with Crippen molar-refractivity contribution in [1.29, 1.82) is 0 Å². The van der Waals surface area contributed by atoms with Gasteiger partial charge in [-0.1, -0.05) is 94.1 Å². The molecule has 0 bridgehead atoms. The maximum absolute atomic E-state index is 14.9. The quantitative estimate of drug-likeness (QED) is 0.335. The maximum Gasteiger partial charge on any atom is 0.192 e. The Morgan fingerprint density at radius 3 is 2.03 bits per heavy atom. The lowest BCUT2D eigenvalue weighted by molar-refractivity contribution is 0.131. The van der Waals surface area contributed by atoms with Crippen molar-refractivity contribution in [2.45, 2.75) is 64.0 Å². The Kier molecular flexibility index (Phi) is 7.49. The predicted molar refractivity (Wildman–Crippen MR) is 138 cm³/mol. The normalized spacial score (nSPS) is 21.7. The molecule has 32 heavy (non-hydrogen) atoms. The second-order valence-corrected chi connectivity index (χ2v) is 17.9. The van der Waals surface area contributed by atoms with Gasteiger partial charge in [-0.3, -0.25) is 0 Å². The van der Waals surface area contributed by atoms with Crippen molar-refractivity contribution in [3.8, 4) is 0 Å². The molecule has 0 spiro atoms. The number of halogens is 1. The molecular weight excluding hydrogens is 434 g/mol. The monoisotopic (exact) mass is 470 g/mol. The second-order valence-electron chi connectivity index (χ2n) is 10.3. The highest BCUT2D eigenvalue weighted by atomic mass is 31.2. The van der Waals surface area contributed by atoms with Crippen molar-refractivity contribution in [3.05, 3.63) is 84.5 Å². The highest BCUT2D eigenvalue weighted by Crippen LogP contribution is 2.45. The Hall–Kier alpha value is -1.74. The molecule has 0 unspecified atom stereocenters. The van der Waals surface area contributed by atoms with Gasteiger partial charge in [0.1, 0.15) is 13.3 Å². The predicted octanol–water partition coefficient (Wildman–Crippen LogP) is 7.01. The van der Waals surface area contributed by atoms with Crippen molar-refractivity contribution < 1.29 is 13.4 Å². The molecule has 3 rings (SSSR count). The molecule has 0 saturated heterocycles. The summed E-state index contributed by atoms with van der Waals surface area (Å²) < 4.78 is 35.8. The molecule has 1 saturated carbocycles. The van der Waals surface area contributed by atoms with Crippen LogP contribution in [0.5, 0.6) is 0 Å². The zero-order valence-corrected chi connectivity index (χ0v) is 21.9. The largest absolute Gasteiger partial charge is 0.413 e. The van der Waals surface area contributed by atoms with Gasteiger partial charge in [0.2, 0.25) is 0 Å². The van der Waals surface area contributed by atoms with E-state index in [-0.39, 0.29) is 11.1 Å². The van der Waals surface area contributed by atoms with E-state index in [1.165, 1.54) is 0 Å². The van der Waals surface area contributed by atoms with Crippen LogP contribution in [0.4, 0.5) is 4.39 Å². The molecule has 172 valence electrons. The van der Waals surface area contributed by atoms with Crippen LogP contribution in [0.15, 0.2) is 84.5 Å². The Bertz CT molecular complexity index is 965. The van der Waals surface area contributed by atoms with Crippen LogP contribution >= 0.6 is 7.14 Å². The van der Waals surface area contributed by atoms with Crippen molar-refractivity contribution in [2.24, 2.45) is 0 Å². The van der Waals surface area contributed by atoms with Crippen molar-refractivity contribution in [1.82, 2.24) is 0 Å². The van der Waals surface area contributed by atoms with Crippen LogP contribution in [-0.2, 0) is 8.99 Å². The average Bonchev–Trinajstić information content (AvgIpc) is 2.75. The molecule has 2 aromatic rings. The van der Waals surface area contributed by atoms with E-state index in [9.17, 15) is 8.96 Å². The first-order valence-electron chi connectivity index (χ1n) is 11.3. The number of hydrogen-bond donors (Lipinski definition) is 0. The first-order chi connectivity index (χ1) is 14.9. The van der Waals surface area contributed by atoms with Crippen LogP contribution in [-0.4, -0.2) is 26.8 Å². The topological polar surface area (TPSA) is 26.3 Å². The number of hydrogen-bond acceptors (Lipinski definition) is 2. The molecule has 2 aromatic carbocycles. The van der Waals surface area contributed by atoms with Gasteiger partial charge in [-0.15, -0.1) is 0 Å². The van der Waals surface area contributed by atoms with E-state index in [2.05, 4.69) is 40.4 Å². The van der Waals surface area contributed by atoms with Crippen LogP contribution in [0.25, 0.3) is 0 Å². The van der Waals surface area contributed by atoms with Crippen LogP contribution < -0.4 is 10.6 Å². The summed E-state index contributed by atoms with van der Waals surface area (Å²) in [7, 11) is -4.91. The van der Waals surface area contributed by atoms with Crippen LogP contribution in [0.3, 0.4) is 0 Å². The van der Waals surface area contributed by atoms with Gasteiger partial charge in [0.25, 0.3) is 0 Å². The van der Waals surface area contributed by atoms with E-state index >= 15 is 0 Å². The van der Waals surface area contributed by atoms with Gasteiger partial charge in [-0.05, 0) is 35.7 Å². The second kappa shape index (κ2) is 9.63. The maximum atomic E-state index is 14.9. The summed E-state index contributed by atoms with van der Waals surface area (Å²) in [6.07, 6.45) is 1.96. The molecule has 1 aliphatic rings. The van der Waals surface area contributed by atoms with Gasteiger partial charge in [0.15, 0.2) is 8.32 Å². The molecule has 2 nitrogen and oxygen atoms in total. The summed E-state index contributed by atoms with van der Waals surface area (Å²) >= 11 is 0. The third kappa shape index (κ3) is 5.42. The molecule has 0 amide bonds. The molecule has 1 fully saturated rings. The fourth-order valence-electron chi connectivity index (χ4n) is 3.87. The molecule has 0 aliphatic heterocycles. The Balaban J connectivity index is 1.90. The van der Waals surface area contributed by atoms with Crippen LogP contribution in [0.1, 0.15) is 33.6 Å². The summed E-state index contributed by atoms with van der Waals surface area (Å²) in [4.78, 5) is 0. The number of alkyl halides is 1. The molecule has 5 heteroatoms. The summed E-state index contributed by atoms with van der Waals surface area (Å²) in [5.74, 6) is 0. The fourth-order valence-corrected chi connectivity index (χ4v) is 7.74. The lowest BCUT2D eigenvalue weighted by Crippen LogP contribution is -2.45. The average molecular weight is 471 g/mol. The zero-order valence-electron chi connectivity index (χ0n) is 20.0. The van der Waals surface area contributed by atoms with Crippen molar-refractivity contribution in [2.75, 3.05) is 6.16 Å². The van der Waals surface area contributed by atoms with E-state index in [4.69, 9.17) is 4.43 Å². The molecule has 0 heterocycles. The highest BCUT2D eigenvalue weighted by Gasteiger charge is 2.41. The van der Waals surface area contributed by atoms with E-state index in [0.717, 1.165) is 16.2 Å².